The van der Waals surface area contributed by atoms with Crippen molar-refractivity contribution in [3.8, 4) is 0 Å². The van der Waals surface area contributed by atoms with Crippen LogP contribution < -0.4 is 10.9 Å². The number of nitro groups is 1. The van der Waals surface area contributed by atoms with Crippen molar-refractivity contribution in [2.45, 2.75) is 4.34 Å². The quantitative estimate of drug-likeness (QED) is 0.472. The smallest absolute Gasteiger partial charge is 0.270 e. The molecule has 2 rings (SSSR count). The van der Waals surface area contributed by atoms with Gasteiger partial charge in [-0.15, -0.1) is 10.2 Å². The van der Waals surface area contributed by atoms with Crippen molar-refractivity contribution in [1.29, 1.82) is 0 Å². The maximum atomic E-state index is 11.8. The molecule has 0 fully saturated rings. The summed E-state index contributed by atoms with van der Waals surface area (Å²) in [4.78, 5) is 33.4. The molecule has 0 spiro atoms. The Kier molecular flexibility index (Phi) is 5.38. The second-order valence-electron chi connectivity index (χ2n) is 3.80. The number of benzene rings is 1. The van der Waals surface area contributed by atoms with Gasteiger partial charge in [-0.3, -0.25) is 30.6 Å². The predicted octanol–water partition coefficient (Wildman–Crippen LogP) is 1.000. The van der Waals surface area contributed by atoms with Gasteiger partial charge in [-0.25, -0.2) is 0 Å². The summed E-state index contributed by atoms with van der Waals surface area (Å²) in [6.07, 6.45) is 0. The Hall–Kier alpha value is -2.53. The van der Waals surface area contributed by atoms with Gasteiger partial charge in [-0.05, 0) is 6.07 Å². The van der Waals surface area contributed by atoms with Crippen LogP contribution in [0.4, 0.5) is 5.69 Å². The summed E-state index contributed by atoms with van der Waals surface area (Å²) < 4.78 is 0.639. The summed E-state index contributed by atoms with van der Waals surface area (Å²) in [6, 6.07) is 5.19. The maximum Gasteiger partial charge on any atom is 0.270 e. The lowest BCUT2D eigenvalue weighted by molar-refractivity contribution is -0.384. The van der Waals surface area contributed by atoms with Crippen molar-refractivity contribution < 1.29 is 14.5 Å². The first-order chi connectivity index (χ1) is 10.6. The third-order valence-electron chi connectivity index (χ3n) is 2.30. The van der Waals surface area contributed by atoms with Crippen LogP contribution in [-0.4, -0.2) is 32.7 Å². The molecular weight excluding hydrogens is 330 g/mol. The van der Waals surface area contributed by atoms with Crippen molar-refractivity contribution in [3.63, 3.8) is 0 Å². The Balaban J connectivity index is 1.83. The molecule has 1 aromatic heterocycles. The zero-order valence-electron chi connectivity index (χ0n) is 10.9. The Morgan fingerprint density at radius 3 is 2.86 bits per heavy atom. The van der Waals surface area contributed by atoms with E-state index in [4.69, 9.17) is 0 Å². The number of nitro benzene ring substituents is 1. The van der Waals surface area contributed by atoms with Crippen LogP contribution in [0.15, 0.2) is 34.1 Å². The standard InChI is InChI=1S/C11H9N5O4S2/c17-9(5-21-11-15-12-6-22-11)13-14-10(18)7-2-1-3-8(4-7)16(19)20/h1-4,6H,5H2,(H,13,17)(H,14,18). The van der Waals surface area contributed by atoms with Gasteiger partial charge in [0.05, 0.1) is 10.7 Å². The van der Waals surface area contributed by atoms with Gasteiger partial charge < -0.3 is 0 Å². The molecule has 2 N–H and O–H groups in total. The summed E-state index contributed by atoms with van der Waals surface area (Å²) in [5.41, 5.74) is 5.83. The fourth-order valence-corrected chi connectivity index (χ4v) is 2.64. The molecule has 22 heavy (non-hydrogen) atoms. The largest absolute Gasteiger partial charge is 0.272 e. The lowest BCUT2D eigenvalue weighted by Gasteiger charge is -2.06. The molecule has 9 nitrogen and oxygen atoms in total. The van der Waals surface area contributed by atoms with Crippen LogP contribution in [0.1, 0.15) is 10.4 Å². The SMILES string of the molecule is O=C(CSc1nncs1)NNC(=O)c1cccc([N+](=O)[O-])c1. The lowest BCUT2D eigenvalue weighted by atomic mass is 10.2. The van der Waals surface area contributed by atoms with Crippen LogP contribution in [0, 0.1) is 10.1 Å². The van der Waals surface area contributed by atoms with Crippen LogP contribution in [0.3, 0.4) is 0 Å². The number of nitrogens with one attached hydrogen (secondary N) is 2. The van der Waals surface area contributed by atoms with E-state index in [1.54, 1.807) is 5.51 Å². The second kappa shape index (κ2) is 7.47. The van der Waals surface area contributed by atoms with Gasteiger partial charge in [0.2, 0.25) is 5.91 Å². The number of amides is 2. The maximum absolute atomic E-state index is 11.8. The molecular formula is C11H9N5O4S2. The van der Waals surface area contributed by atoms with E-state index >= 15 is 0 Å². The molecule has 11 heteroatoms. The average Bonchev–Trinajstić information content (AvgIpc) is 3.04. The molecule has 0 bridgehead atoms. The number of hydrogen-bond acceptors (Lipinski definition) is 8. The third-order valence-corrected chi connectivity index (χ3v) is 4.16. The molecule has 0 atom stereocenters. The number of carbonyl (C=O) groups excluding carboxylic acids is 2. The Labute approximate surface area is 132 Å². The summed E-state index contributed by atoms with van der Waals surface area (Å²) in [5.74, 6) is -1.01. The molecule has 0 saturated carbocycles. The van der Waals surface area contributed by atoms with E-state index in [0.29, 0.717) is 4.34 Å². The van der Waals surface area contributed by atoms with Crippen LogP contribution in [0.25, 0.3) is 0 Å². The summed E-state index contributed by atoms with van der Waals surface area (Å²) in [7, 11) is 0. The molecule has 0 unspecified atom stereocenters. The number of thioether (sulfide) groups is 1. The van der Waals surface area contributed by atoms with Gasteiger partial charge in [0.25, 0.3) is 11.6 Å². The molecule has 2 aromatic rings. The van der Waals surface area contributed by atoms with Crippen molar-refractivity contribution in [3.05, 3.63) is 45.5 Å². The van der Waals surface area contributed by atoms with Crippen molar-refractivity contribution in [2.24, 2.45) is 0 Å². The zero-order valence-corrected chi connectivity index (χ0v) is 12.5. The number of nitrogens with zero attached hydrogens (tertiary/aromatic N) is 3. The highest BCUT2D eigenvalue weighted by Crippen LogP contribution is 2.18. The number of carbonyl (C=O) groups is 2. The first-order valence-electron chi connectivity index (χ1n) is 5.79. The molecule has 1 heterocycles. The Morgan fingerprint density at radius 1 is 1.36 bits per heavy atom. The first-order valence-corrected chi connectivity index (χ1v) is 7.65. The predicted molar refractivity (Wildman–Crippen MR) is 79.3 cm³/mol. The molecule has 114 valence electrons. The van der Waals surface area contributed by atoms with E-state index in [1.807, 2.05) is 0 Å². The van der Waals surface area contributed by atoms with Gasteiger partial charge >= 0.3 is 0 Å². The zero-order chi connectivity index (χ0) is 15.9. The van der Waals surface area contributed by atoms with Crippen molar-refractivity contribution >= 4 is 40.6 Å². The second-order valence-corrected chi connectivity index (χ2v) is 5.86. The Bertz CT molecular complexity index is 692. The molecule has 0 aliphatic carbocycles. The van der Waals surface area contributed by atoms with E-state index in [0.717, 1.165) is 6.07 Å². The van der Waals surface area contributed by atoms with Gasteiger partial charge in [-0.2, -0.15) is 0 Å². The van der Waals surface area contributed by atoms with Gasteiger partial charge in [0.1, 0.15) is 5.51 Å². The molecule has 2 amide bonds. The molecule has 0 aliphatic heterocycles. The molecule has 1 aromatic carbocycles. The number of non-ortho nitro benzene ring substituents is 1. The van der Waals surface area contributed by atoms with E-state index in [1.165, 1.54) is 41.3 Å². The highest BCUT2D eigenvalue weighted by Gasteiger charge is 2.12. The number of aromatic nitrogens is 2. The van der Waals surface area contributed by atoms with Crippen molar-refractivity contribution in [2.75, 3.05) is 5.75 Å². The average molecular weight is 339 g/mol. The van der Waals surface area contributed by atoms with Crippen LogP contribution in [0.5, 0.6) is 0 Å². The highest BCUT2D eigenvalue weighted by atomic mass is 32.2. The van der Waals surface area contributed by atoms with E-state index < -0.39 is 16.7 Å². The van der Waals surface area contributed by atoms with Crippen molar-refractivity contribution in [1.82, 2.24) is 21.0 Å². The van der Waals surface area contributed by atoms with Crippen LogP contribution >= 0.6 is 23.1 Å². The molecule has 0 aliphatic rings. The lowest BCUT2D eigenvalue weighted by Crippen LogP contribution is -2.42. The molecule has 0 saturated heterocycles. The topological polar surface area (TPSA) is 127 Å². The fourth-order valence-electron chi connectivity index (χ4n) is 1.35. The van der Waals surface area contributed by atoms with Crippen LogP contribution in [-0.2, 0) is 4.79 Å². The third kappa shape index (κ3) is 4.49. The summed E-state index contributed by atoms with van der Waals surface area (Å²) >= 11 is 2.48. The number of rotatable bonds is 5. The normalized spacial score (nSPS) is 10.0. The van der Waals surface area contributed by atoms with E-state index in [2.05, 4.69) is 21.0 Å². The summed E-state index contributed by atoms with van der Waals surface area (Å²) in [6.45, 7) is 0. The van der Waals surface area contributed by atoms with Gasteiger partial charge in [0.15, 0.2) is 4.34 Å². The minimum Gasteiger partial charge on any atom is -0.272 e. The van der Waals surface area contributed by atoms with Gasteiger partial charge in [0, 0.05) is 17.7 Å². The highest BCUT2D eigenvalue weighted by molar-refractivity contribution is 8.01. The monoisotopic (exact) mass is 339 g/mol. The number of hydrazine groups is 1. The minimum atomic E-state index is -0.641. The van der Waals surface area contributed by atoms with Crippen LogP contribution in [0.2, 0.25) is 0 Å². The van der Waals surface area contributed by atoms with E-state index in [-0.39, 0.29) is 17.0 Å². The molecule has 0 radical (unpaired) electrons. The fraction of sp³-hybridized carbons (Fsp3) is 0.0909. The first kappa shape index (κ1) is 15.9. The number of hydrogen-bond donors (Lipinski definition) is 2. The van der Waals surface area contributed by atoms with E-state index in [9.17, 15) is 19.7 Å². The minimum absolute atomic E-state index is 0.0599. The van der Waals surface area contributed by atoms with Gasteiger partial charge in [-0.1, -0.05) is 29.2 Å². The Morgan fingerprint density at radius 2 is 2.18 bits per heavy atom. The summed E-state index contributed by atoms with van der Waals surface area (Å²) in [5, 5.41) is 18.0.